The van der Waals surface area contributed by atoms with Gasteiger partial charge in [0, 0.05) is 17.8 Å². The van der Waals surface area contributed by atoms with Crippen LogP contribution in [0.1, 0.15) is 33.8 Å². The molecule has 2 aromatic carbocycles. The van der Waals surface area contributed by atoms with Crippen molar-refractivity contribution in [3.63, 3.8) is 0 Å². The predicted octanol–water partition coefficient (Wildman–Crippen LogP) is 6.68. The number of carbonyl (C=O) groups excluding carboxylic acids is 1. The number of alkyl halides is 3. The highest BCUT2D eigenvalue weighted by atomic mass is 32.1. The van der Waals surface area contributed by atoms with E-state index in [0.29, 0.717) is 16.3 Å². The van der Waals surface area contributed by atoms with Gasteiger partial charge in [-0.2, -0.15) is 13.2 Å². The van der Waals surface area contributed by atoms with Crippen LogP contribution >= 0.6 is 11.3 Å². The van der Waals surface area contributed by atoms with E-state index in [1.165, 1.54) is 32.2 Å². The zero-order valence-electron chi connectivity index (χ0n) is 20.2. The molecule has 0 saturated heterocycles. The number of nitrogens with two attached hydrogens (primary N) is 1. The molecular weight excluding hydrogens is 517 g/mol. The van der Waals surface area contributed by atoms with Crippen LogP contribution in [0.3, 0.4) is 0 Å². The van der Waals surface area contributed by atoms with Crippen LogP contribution in [0.4, 0.5) is 19.0 Å². The molecule has 0 aliphatic carbocycles. The number of methoxy groups -OCH3 is 1. The third kappa shape index (κ3) is 4.80. The van der Waals surface area contributed by atoms with Gasteiger partial charge in [0.2, 0.25) is 0 Å². The lowest BCUT2D eigenvalue weighted by Crippen LogP contribution is -2.14. The Hall–Kier alpha value is -4.38. The van der Waals surface area contributed by atoms with Gasteiger partial charge in [-0.15, -0.1) is 11.3 Å². The zero-order valence-corrected chi connectivity index (χ0v) is 21.0. The van der Waals surface area contributed by atoms with Crippen molar-refractivity contribution >= 4 is 34.2 Å². The Morgan fingerprint density at radius 2 is 1.82 bits per heavy atom. The Kier molecular flexibility index (Phi) is 6.53. The molecule has 0 aliphatic heterocycles. The standard InChI is InChI=1S/C27H21F3N4O3S/c1-15(18-5-3-4-6-19(18)27(28,29)30)37-22-13-24(38-25(22)26(35)36-2)34-14-33-20-11-16(7-8-21(20)34)17-9-10-32-23(31)12-17/h3-15H,1-2H3,(H2,31,32). The van der Waals surface area contributed by atoms with Crippen LogP contribution in [-0.2, 0) is 10.9 Å². The Labute approximate surface area is 219 Å². The first-order chi connectivity index (χ1) is 18.2. The summed E-state index contributed by atoms with van der Waals surface area (Å²) in [6.07, 6.45) is -2.30. The Balaban J connectivity index is 1.52. The van der Waals surface area contributed by atoms with Crippen LogP contribution < -0.4 is 10.5 Å². The molecule has 3 heterocycles. The number of anilines is 1. The van der Waals surface area contributed by atoms with Crippen molar-refractivity contribution in [1.29, 1.82) is 0 Å². The van der Waals surface area contributed by atoms with E-state index in [-0.39, 0.29) is 16.2 Å². The van der Waals surface area contributed by atoms with Crippen molar-refractivity contribution < 1.29 is 27.4 Å². The molecule has 5 aromatic rings. The van der Waals surface area contributed by atoms with Crippen molar-refractivity contribution in [2.75, 3.05) is 12.8 Å². The second-order valence-corrected chi connectivity index (χ2v) is 9.43. The molecule has 0 spiro atoms. The van der Waals surface area contributed by atoms with E-state index in [0.717, 1.165) is 34.0 Å². The van der Waals surface area contributed by atoms with Crippen molar-refractivity contribution in [2.24, 2.45) is 0 Å². The molecule has 38 heavy (non-hydrogen) atoms. The molecule has 3 aromatic heterocycles. The summed E-state index contributed by atoms with van der Waals surface area (Å²) < 4.78 is 53.3. The summed E-state index contributed by atoms with van der Waals surface area (Å²) in [4.78, 5) is 21.2. The predicted molar refractivity (Wildman–Crippen MR) is 138 cm³/mol. The Bertz CT molecular complexity index is 1640. The largest absolute Gasteiger partial charge is 0.484 e. The van der Waals surface area contributed by atoms with E-state index in [1.807, 2.05) is 24.3 Å². The highest BCUT2D eigenvalue weighted by Gasteiger charge is 2.35. The Morgan fingerprint density at radius 1 is 1.05 bits per heavy atom. The monoisotopic (exact) mass is 538 g/mol. The van der Waals surface area contributed by atoms with Gasteiger partial charge in [0.15, 0.2) is 4.88 Å². The number of imidazole rings is 1. The lowest BCUT2D eigenvalue weighted by Gasteiger charge is -2.19. The number of hydrogen-bond donors (Lipinski definition) is 1. The number of pyridine rings is 1. The molecule has 7 nitrogen and oxygen atoms in total. The quantitative estimate of drug-likeness (QED) is 0.243. The summed E-state index contributed by atoms with van der Waals surface area (Å²) in [7, 11) is 1.23. The molecule has 0 aliphatic rings. The summed E-state index contributed by atoms with van der Waals surface area (Å²) in [6.45, 7) is 1.50. The number of rotatable bonds is 6. The number of ether oxygens (including phenoxy) is 2. The lowest BCUT2D eigenvalue weighted by molar-refractivity contribution is -0.139. The number of fused-ring (bicyclic) bond motifs is 1. The van der Waals surface area contributed by atoms with Crippen molar-refractivity contribution in [3.05, 3.63) is 89.2 Å². The van der Waals surface area contributed by atoms with E-state index in [9.17, 15) is 18.0 Å². The van der Waals surface area contributed by atoms with Crippen molar-refractivity contribution in [3.8, 4) is 21.9 Å². The summed E-state index contributed by atoms with van der Waals surface area (Å²) in [5.74, 6) is -0.136. The third-order valence-corrected chi connectivity index (χ3v) is 7.06. The van der Waals surface area contributed by atoms with Gasteiger partial charge in [-0.05, 0) is 48.4 Å². The molecule has 0 amide bonds. The van der Waals surface area contributed by atoms with Crippen LogP contribution in [0.25, 0.3) is 27.2 Å². The highest BCUT2D eigenvalue weighted by Crippen LogP contribution is 2.40. The van der Waals surface area contributed by atoms with Crippen molar-refractivity contribution in [1.82, 2.24) is 14.5 Å². The van der Waals surface area contributed by atoms with E-state index in [1.54, 1.807) is 29.2 Å². The van der Waals surface area contributed by atoms with Gasteiger partial charge in [-0.25, -0.2) is 14.8 Å². The molecule has 0 radical (unpaired) electrons. The van der Waals surface area contributed by atoms with Crippen LogP contribution in [0.2, 0.25) is 0 Å². The SMILES string of the molecule is COC(=O)c1sc(-n2cnc3cc(-c4ccnc(N)c4)ccc32)cc1OC(C)c1ccccc1C(F)(F)F. The number of nitrogen functional groups attached to an aromatic ring is 1. The molecule has 11 heteroatoms. The maximum absolute atomic E-state index is 13.6. The van der Waals surface area contributed by atoms with Crippen LogP contribution in [0, 0.1) is 0 Å². The molecule has 0 saturated carbocycles. The fourth-order valence-electron chi connectivity index (χ4n) is 4.16. The van der Waals surface area contributed by atoms with Crippen LogP contribution in [0.5, 0.6) is 5.75 Å². The van der Waals surface area contributed by atoms with E-state index in [4.69, 9.17) is 15.2 Å². The van der Waals surface area contributed by atoms with Gasteiger partial charge in [-0.1, -0.05) is 24.3 Å². The third-order valence-electron chi connectivity index (χ3n) is 5.96. The van der Waals surface area contributed by atoms with E-state index in [2.05, 4.69) is 9.97 Å². The van der Waals surface area contributed by atoms with Gasteiger partial charge in [-0.3, -0.25) is 4.57 Å². The van der Waals surface area contributed by atoms with Gasteiger partial charge in [0.1, 0.15) is 29.0 Å². The van der Waals surface area contributed by atoms with Gasteiger partial charge in [0.25, 0.3) is 0 Å². The molecule has 0 bridgehead atoms. The van der Waals surface area contributed by atoms with Gasteiger partial charge < -0.3 is 15.2 Å². The second-order valence-electron chi connectivity index (χ2n) is 8.40. The topological polar surface area (TPSA) is 92.3 Å². The fourth-order valence-corrected chi connectivity index (χ4v) is 5.16. The molecule has 0 fully saturated rings. The maximum atomic E-state index is 13.6. The minimum Gasteiger partial charge on any atom is -0.484 e. The summed E-state index contributed by atoms with van der Waals surface area (Å²) >= 11 is 1.09. The number of halogens is 3. The second kappa shape index (κ2) is 9.82. The zero-order chi connectivity index (χ0) is 27.0. The fraction of sp³-hybridized carbons (Fsp3) is 0.148. The minimum atomic E-state index is -4.55. The molecule has 1 unspecified atom stereocenters. The number of thiophene rings is 1. The first-order valence-electron chi connectivity index (χ1n) is 11.4. The average molecular weight is 539 g/mol. The van der Waals surface area contributed by atoms with E-state index >= 15 is 0 Å². The number of carbonyl (C=O) groups is 1. The number of aromatic nitrogens is 3. The average Bonchev–Trinajstić information content (AvgIpc) is 3.51. The Morgan fingerprint density at radius 3 is 2.55 bits per heavy atom. The smallest absolute Gasteiger partial charge is 0.416 e. The first-order valence-corrected chi connectivity index (χ1v) is 12.2. The lowest BCUT2D eigenvalue weighted by atomic mass is 10.0. The van der Waals surface area contributed by atoms with Crippen molar-refractivity contribution in [2.45, 2.75) is 19.2 Å². The van der Waals surface area contributed by atoms with Crippen LogP contribution in [0.15, 0.2) is 73.2 Å². The summed E-state index contributed by atoms with van der Waals surface area (Å²) in [5.41, 5.74) is 8.22. The minimum absolute atomic E-state index is 0.0408. The maximum Gasteiger partial charge on any atom is 0.416 e. The molecule has 1 atom stereocenters. The molecular formula is C27H21F3N4O3S. The molecule has 2 N–H and O–H groups in total. The number of benzene rings is 2. The number of hydrogen-bond acceptors (Lipinski definition) is 7. The molecule has 5 rings (SSSR count). The van der Waals surface area contributed by atoms with Gasteiger partial charge in [0.05, 0.1) is 23.7 Å². The number of nitrogens with zero attached hydrogens (tertiary/aromatic N) is 3. The summed E-state index contributed by atoms with van der Waals surface area (Å²) in [5, 5.41) is 0.583. The summed E-state index contributed by atoms with van der Waals surface area (Å²) in [6, 6.07) is 16.1. The van der Waals surface area contributed by atoms with Gasteiger partial charge >= 0.3 is 12.1 Å². The van der Waals surface area contributed by atoms with E-state index < -0.39 is 23.8 Å². The normalized spacial score (nSPS) is 12.4. The van der Waals surface area contributed by atoms with Crippen LogP contribution in [-0.4, -0.2) is 27.6 Å². The first kappa shape index (κ1) is 25.3. The molecule has 194 valence electrons. The highest BCUT2D eigenvalue weighted by molar-refractivity contribution is 7.16. The number of esters is 1.